The van der Waals surface area contributed by atoms with Crippen LogP contribution in [0.5, 0.6) is 0 Å². The first kappa shape index (κ1) is 17.6. The number of nitrogens with zero attached hydrogens (tertiary/aromatic N) is 1. The molecule has 0 aromatic carbocycles. The van der Waals surface area contributed by atoms with E-state index in [4.69, 9.17) is 9.05 Å². The Bertz CT molecular complexity index is 637. The molecule has 118 valence electrons. The highest BCUT2D eigenvalue weighted by atomic mass is 31.2. The molecule has 0 radical (unpaired) electrons. The van der Waals surface area contributed by atoms with Gasteiger partial charge in [0, 0.05) is 24.1 Å². The second-order valence-corrected chi connectivity index (χ2v) is 6.21. The Morgan fingerprint density at radius 3 is 2.48 bits per heavy atom. The summed E-state index contributed by atoms with van der Waals surface area (Å²) in [6, 6.07) is 0. The van der Waals surface area contributed by atoms with Gasteiger partial charge in [-0.05, 0) is 27.2 Å². The van der Waals surface area contributed by atoms with E-state index in [1.165, 1.54) is 16.6 Å². The van der Waals surface area contributed by atoms with Crippen LogP contribution in [0, 0.1) is 6.92 Å². The van der Waals surface area contributed by atoms with Crippen molar-refractivity contribution < 1.29 is 13.6 Å². The van der Waals surface area contributed by atoms with Crippen LogP contribution in [0.1, 0.15) is 25.8 Å². The van der Waals surface area contributed by atoms with Crippen molar-refractivity contribution in [1.82, 2.24) is 9.55 Å². The fourth-order valence-corrected chi connectivity index (χ4v) is 3.06. The fraction of sp³-hybridized carbons (Fsp3) is 0.538. The number of allylic oxidation sites excluding steroid dienone is 1. The SMILES string of the molecule is CCOP(=O)(C=CCCn1cc(C)c(=O)[nH]c1=O)OCC. The van der Waals surface area contributed by atoms with Crippen LogP contribution < -0.4 is 11.2 Å². The predicted molar refractivity (Wildman–Crippen MR) is 80.7 cm³/mol. The number of aromatic amines is 1. The quantitative estimate of drug-likeness (QED) is 0.741. The molecule has 0 unspecified atom stereocenters. The minimum atomic E-state index is -3.20. The number of hydrogen-bond donors (Lipinski definition) is 1. The van der Waals surface area contributed by atoms with Crippen LogP contribution in [0.2, 0.25) is 0 Å². The van der Waals surface area contributed by atoms with Crippen LogP contribution in [0.3, 0.4) is 0 Å². The van der Waals surface area contributed by atoms with E-state index in [1.54, 1.807) is 26.8 Å². The molecule has 0 aliphatic rings. The molecule has 0 atom stereocenters. The smallest absolute Gasteiger partial charge is 0.306 e. The van der Waals surface area contributed by atoms with Gasteiger partial charge in [0.15, 0.2) is 0 Å². The van der Waals surface area contributed by atoms with Gasteiger partial charge in [0.05, 0.1) is 13.2 Å². The normalized spacial score (nSPS) is 12.1. The summed E-state index contributed by atoms with van der Waals surface area (Å²) in [5.74, 6) is 1.41. The molecule has 1 aromatic heterocycles. The van der Waals surface area contributed by atoms with Gasteiger partial charge in [0.2, 0.25) is 0 Å². The topological polar surface area (TPSA) is 90.4 Å². The van der Waals surface area contributed by atoms with Gasteiger partial charge in [-0.25, -0.2) is 4.79 Å². The van der Waals surface area contributed by atoms with Gasteiger partial charge in [0.25, 0.3) is 5.56 Å². The molecule has 0 aliphatic heterocycles. The first-order valence-corrected chi connectivity index (χ1v) is 8.40. The first-order chi connectivity index (χ1) is 9.91. The van der Waals surface area contributed by atoms with Crippen molar-refractivity contribution >= 4 is 7.60 Å². The first-order valence-electron chi connectivity index (χ1n) is 6.78. The van der Waals surface area contributed by atoms with Gasteiger partial charge in [-0.3, -0.25) is 14.3 Å². The zero-order valence-electron chi connectivity index (χ0n) is 12.5. The number of nitrogens with one attached hydrogen (secondary N) is 1. The molecule has 0 saturated heterocycles. The maximum atomic E-state index is 12.1. The lowest BCUT2D eigenvalue weighted by Crippen LogP contribution is -2.30. The fourth-order valence-electron chi connectivity index (χ4n) is 1.69. The summed E-state index contributed by atoms with van der Waals surface area (Å²) in [5.41, 5.74) is -0.381. The summed E-state index contributed by atoms with van der Waals surface area (Å²) >= 11 is 0. The molecular formula is C13H21N2O5P. The molecule has 8 heteroatoms. The lowest BCUT2D eigenvalue weighted by atomic mass is 10.3. The largest absolute Gasteiger partial charge is 0.353 e. The van der Waals surface area contributed by atoms with E-state index in [2.05, 4.69) is 4.98 Å². The molecule has 0 aliphatic carbocycles. The molecule has 7 nitrogen and oxygen atoms in total. The highest BCUT2D eigenvalue weighted by Gasteiger charge is 2.18. The van der Waals surface area contributed by atoms with Gasteiger partial charge in [-0.1, -0.05) is 6.08 Å². The van der Waals surface area contributed by atoms with Crippen LogP contribution in [0.4, 0.5) is 0 Å². The summed E-state index contributed by atoms with van der Waals surface area (Å²) in [6.45, 7) is 6.05. The zero-order chi connectivity index (χ0) is 15.9. The highest BCUT2D eigenvalue weighted by molar-refractivity contribution is 7.57. The average Bonchev–Trinajstić information content (AvgIpc) is 2.41. The van der Waals surface area contributed by atoms with Crippen molar-refractivity contribution in [3.63, 3.8) is 0 Å². The Kier molecular flexibility index (Phi) is 6.81. The van der Waals surface area contributed by atoms with Crippen LogP contribution in [-0.2, 0) is 20.2 Å². The summed E-state index contributed by atoms with van der Waals surface area (Å²) in [6.07, 6.45) is 3.62. The molecule has 21 heavy (non-hydrogen) atoms. The van der Waals surface area contributed by atoms with Crippen LogP contribution >= 0.6 is 7.60 Å². The number of hydrogen-bond acceptors (Lipinski definition) is 5. The second kappa shape index (κ2) is 8.12. The zero-order valence-corrected chi connectivity index (χ0v) is 13.4. The van der Waals surface area contributed by atoms with E-state index < -0.39 is 13.3 Å². The van der Waals surface area contributed by atoms with Crippen molar-refractivity contribution in [1.29, 1.82) is 0 Å². The lowest BCUT2D eigenvalue weighted by molar-refractivity contribution is 0.229. The lowest BCUT2D eigenvalue weighted by Gasteiger charge is -2.12. The van der Waals surface area contributed by atoms with E-state index in [0.29, 0.717) is 31.7 Å². The third kappa shape index (κ3) is 5.46. The number of H-pyrrole nitrogens is 1. The van der Waals surface area contributed by atoms with E-state index in [-0.39, 0.29) is 5.56 Å². The van der Waals surface area contributed by atoms with Crippen molar-refractivity contribution in [2.75, 3.05) is 13.2 Å². The maximum Gasteiger partial charge on any atom is 0.353 e. The van der Waals surface area contributed by atoms with Crippen molar-refractivity contribution in [2.45, 2.75) is 33.7 Å². The third-order valence-electron chi connectivity index (χ3n) is 2.63. The predicted octanol–water partition coefficient (Wildman–Crippen LogP) is 2.01. The van der Waals surface area contributed by atoms with E-state index in [0.717, 1.165) is 0 Å². The molecule has 0 bridgehead atoms. The van der Waals surface area contributed by atoms with E-state index in [1.807, 2.05) is 0 Å². The highest BCUT2D eigenvalue weighted by Crippen LogP contribution is 2.49. The van der Waals surface area contributed by atoms with Crippen LogP contribution in [-0.4, -0.2) is 22.8 Å². The number of aromatic nitrogens is 2. The van der Waals surface area contributed by atoms with Gasteiger partial charge in [-0.2, -0.15) is 0 Å². The molecule has 1 heterocycles. The molecule has 1 N–H and O–H groups in total. The minimum absolute atomic E-state index is 0.292. The summed E-state index contributed by atoms with van der Waals surface area (Å²) in [7, 11) is -3.20. The standard InChI is InChI=1S/C13H21N2O5P/c1-4-19-21(18,20-5-2)9-7-6-8-15-10-11(3)12(16)14-13(15)17/h7,9-10H,4-6,8H2,1-3H3,(H,14,16,17). The third-order valence-corrected chi connectivity index (χ3v) is 4.44. The summed E-state index contributed by atoms with van der Waals surface area (Å²) in [4.78, 5) is 25.0. The number of aryl methyl sites for hydroxylation is 2. The molecule has 1 rings (SSSR count). The van der Waals surface area contributed by atoms with Gasteiger partial charge < -0.3 is 13.6 Å². The van der Waals surface area contributed by atoms with Crippen molar-refractivity contribution in [2.24, 2.45) is 0 Å². The van der Waals surface area contributed by atoms with E-state index >= 15 is 0 Å². The van der Waals surface area contributed by atoms with Crippen molar-refractivity contribution in [3.8, 4) is 0 Å². The van der Waals surface area contributed by atoms with Gasteiger partial charge in [0.1, 0.15) is 0 Å². The Labute approximate surface area is 123 Å². The summed E-state index contributed by atoms with van der Waals surface area (Å²) in [5, 5.41) is 0. The Morgan fingerprint density at radius 2 is 1.90 bits per heavy atom. The van der Waals surface area contributed by atoms with Gasteiger partial charge in [-0.15, -0.1) is 0 Å². The molecule has 0 amide bonds. The average molecular weight is 316 g/mol. The Hall–Kier alpha value is -1.43. The molecule has 0 fully saturated rings. The minimum Gasteiger partial charge on any atom is -0.306 e. The van der Waals surface area contributed by atoms with Crippen molar-refractivity contribution in [3.05, 3.63) is 44.5 Å². The Morgan fingerprint density at radius 1 is 1.29 bits per heavy atom. The molecule has 0 spiro atoms. The van der Waals surface area contributed by atoms with E-state index in [9.17, 15) is 14.2 Å². The monoisotopic (exact) mass is 316 g/mol. The summed E-state index contributed by atoms with van der Waals surface area (Å²) < 4.78 is 23.8. The van der Waals surface area contributed by atoms with Gasteiger partial charge >= 0.3 is 13.3 Å². The molecule has 0 saturated carbocycles. The molecular weight excluding hydrogens is 295 g/mol. The maximum absolute atomic E-state index is 12.1. The molecule has 1 aromatic rings. The second-order valence-electron chi connectivity index (χ2n) is 4.31. The number of rotatable bonds is 8. The Balaban J connectivity index is 2.70. The van der Waals surface area contributed by atoms with Crippen LogP contribution in [0.25, 0.3) is 0 Å². The van der Waals surface area contributed by atoms with Crippen LogP contribution in [0.15, 0.2) is 27.7 Å².